The summed E-state index contributed by atoms with van der Waals surface area (Å²) >= 11 is 9.50. The normalized spacial score (nSPS) is 9.95. The van der Waals surface area contributed by atoms with Crippen LogP contribution in [0.2, 0.25) is 5.02 Å². The SMILES string of the molecule is N#Cc1ccc(COc2cccc(CBr)c2)c(Cl)c1. The van der Waals surface area contributed by atoms with Gasteiger partial charge in [-0.3, -0.25) is 0 Å². The molecule has 2 aromatic carbocycles. The van der Waals surface area contributed by atoms with Crippen molar-refractivity contribution in [2.75, 3.05) is 0 Å². The first-order chi connectivity index (χ1) is 9.22. The van der Waals surface area contributed by atoms with Crippen LogP contribution in [0.15, 0.2) is 42.5 Å². The van der Waals surface area contributed by atoms with Gasteiger partial charge in [-0.15, -0.1) is 0 Å². The minimum absolute atomic E-state index is 0.385. The molecule has 0 radical (unpaired) electrons. The third kappa shape index (κ3) is 3.73. The Bertz CT molecular complexity index is 622. The molecule has 0 aliphatic carbocycles. The first-order valence-electron chi connectivity index (χ1n) is 5.69. The fourth-order valence-corrected chi connectivity index (χ4v) is 2.20. The average Bonchev–Trinajstić information content (AvgIpc) is 2.46. The Labute approximate surface area is 125 Å². The third-order valence-electron chi connectivity index (χ3n) is 2.63. The molecule has 0 aromatic heterocycles. The van der Waals surface area contributed by atoms with Gasteiger partial charge in [0.25, 0.3) is 0 Å². The molecule has 2 nitrogen and oxygen atoms in total. The van der Waals surface area contributed by atoms with Crippen LogP contribution in [0.5, 0.6) is 5.75 Å². The number of benzene rings is 2. The van der Waals surface area contributed by atoms with Gasteiger partial charge in [0.05, 0.1) is 11.6 Å². The van der Waals surface area contributed by atoms with Gasteiger partial charge in [-0.1, -0.05) is 45.7 Å². The fourth-order valence-electron chi connectivity index (χ4n) is 1.61. The summed E-state index contributed by atoms with van der Waals surface area (Å²) in [6, 6.07) is 15.1. The molecule has 0 aliphatic heterocycles. The Morgan fingerprint density at radius 2 is 2.05 bits per heavy atom. The van der Waals surface area contributed by atoms with Crippen LogP contribution < -0.4 is 4.74 Å². The van der Waals surface area contributed by atoms with E-state index in [4.69, 9.17) is 21.6 Å². The summed E-state index contributed by atoms with van der Waals surface area (Å²) in [4.78, 5) is 0. The number of hydrogen-bond donors (Lipinski definition) is 0. The van der Waals surface area contributed by atoms with Gasteiger partial charge < -0.3 is 4.74 Å². The number of alkyl halides is 1. The lowest BCUT2D eigenvalue weighted by Gasteiger charge is -2.09. The van der Waals surface area contributed by atoms with Gasteiger partial charge in [0, 0.05) is 15.9 Å². The molecule has 0 aliphatic rings. The molecule has 0 spiro atoms. The number of hydrogen-bond acceptors (Lipinski definition) is 2. The molecule has 0 saturated carbocycles. The Morgan fingerprint density at radius 3 is 2.74 bits per heavy atom. The Balaban J connectivity index is 2.08. The van der Waals surface area contributed by atoms with Crippen LogP contribution in [0.3, 0.4) is 0 Å². The monoisotopic (exact) mass is 335 g/mol. The second-order valence-electron chi connectivity index (χ2n) is 3.99. The first-order valence-corrected chi connectivity index (χ1v) is 7.19. The van der Waals surface area contributed by atoms with Crippen molar-refractivity contribution in [2.45, 2.75) is 11.9 Å². The lowest BCUT2D eigenvalue weighted by Crippen LogP contribution is -1.97. The molecule has 96 valence electrons. The second kappa shape index (κ2) is 6.60. The molecule has 2 aromatic rings. The maximum absolute atomic E-state index is 8.77. The average molecular weight is 337 g/mol. The lowest BCUT2D eigenvalue weighted by molar-refractivity contribution is 0.306. The van der Waals surface area contributed by atoms with Crippen molar-refractivity contribution < 1.29 is 4.74 Å². The Morgan fingerprint density at radius 1 is 1.21 bits per heavy atom. The van der Waals surface area contributed by atoms with Crippen molar-refractivity contribution in [3.8, 4) is 11.8 Å². The molecule has 2 rings (SSSR count). The van der Waals surface area contributed by atoms with Crippen molar-refractivity contribution >= 4 is 27.5 Å². The van der Waals surface area contributed by atoms with Gasteiger partial charge in [-0.2, -0.15) is 5.26 Å². The van der Waals surface area contributed by atoms with Crippen LogP contribution in [0.1, 0.15) is 16.7 Å². The number of rotatable bonds is 4. The van der Waals surface area contributed by atoms with Gasteiger partial charge >= 0.3 is 0 Å². The summed E-state index contributed by atoms with van der Waals surface area (Å²) in [5.74, 6) is 0.803. The summed E-state index contributed by atoms with van der Waals surface area (Å²) < 4.78 is 5.70. The fraction of sp³-hybridized carbons (Fsp3) is 0.133. The van der Waals surface area contributed by atoms with Gasteiger partial charge in [0.15, 0.2) is 0 Å². The molecule has 19 heavy (non-hydrogen) atoms. The van der Waals surface area contributed by atoms with E-state index in [0.717, 1.165) is 22.2 Å². The molecule has 0 N–H and O–H groups in total. The van der Waals surface area contributed by atoms with E-state index in [9.17, 15) is 0 Å². The maximum atomic E-state index is 8.77. The van der Waals surface area contributed by atoms with E-state index in [1.807, 2.05) is 30.3 Å². The van der Waals surface area contributed by atoms with E-state index in [0.29, 0.717) is 17.2 Å². The zero-order chi connectivity index (χ0) is 13.7. The molecule has 0 saturated heterocycles. The number of halogens is 2. The predicted molar refractivity (Wildman–Crippen MR) is 79.6 cm³/mol. The van der Waals surface area contributed by atoms with Gasteiger partial charge in [0.1, 0.15) is 12.4 Å². The highest BCUT2D eigenvalue weighted by atomic mass is 79.9. The summed E-state index contributed by atoms with van der Waals surface area (Å²) in [7, 11) is 0. The molecular weight excluding hydrogens is 326 g/mol. The zero-order valence-corrected chi connectivity index (χ0v) is 12.4. The van der Waals surface area contributed by atoms with Crippen LogP contribution >= 0.6 is 27.5 Å². The molecule has 0 unspecified atom stereocenters. The highest BCUT2D eigenvalue weighted by molar-refractivity contribution is 9.08. The quantitative estimate of drug-likeness (QED) is 0.759. The van der Waals surface area contributed by atoms with Gasteiger partial charge in [-0.25, -0.2) is 0 Å². The van der Waals surface area contributed by atoms with Crippen LogP contribution in [-0.2, 0) is 11.9 Å². The Kier molecular flexibility index (Phi) is 4.84. The summed E-state index contributed by atoms with van der Waals surface area (Å²) in [5.41, 5.74) is 2.57. The van der Waals surface area contributed by atoms with Crippen LogP contribution in [0.4, 0.5) is 0 Å². The Hall–Kier alpha value is -1.50. The predicted octanol–water partition coefficient (Wildman–Crippen LogP) is 4.69. The van der Waals surface area contributed by atoms with Crippen molar-refractivity contribution in [1.29, 1.82) is 5.26 Å². The van der Waals surface area contributed by atoms with E-state index in [1.165, 1.54) is 0 Å². The molecule has 0 amide bonds. The van der Waals surface area contributed by atoms with Gasteiger partial charge in [-0.05, 0) is 29.8 Å². The maximum Gasteiger partial charge on any atom is 0.120 e. The van der Waals surface area contributed by atoms with Crippen molar-refractivity contribution in [3.63, 3.8) is 0 Å². The summed E-state index contributed by atoms with van der Waals surface area (Å²) in [6.07, 6.45) is 0. The molecule has 0 bridgehead atoms. The van der Waals surface area contributed by atoms with Gasteiger partial charge in [0.2, 0.25) is 0 Å². The second-order valence-corrected chi connectivity index (χ2v) is 4.96. The largest absolute Gasteiger partial charge is 0.489 e. The minimum Gasteiger partial charge on any atom is -0.489 e. The molecule has 0 atom stereocenters. The van der Waals surface area contributed by atoms with Crippen LogP contribution in [0, 0.1) is 11.3 Å². The zero-order valence-electron chi connectivity index (χ0n) is 10.1. The van der Waals surface area contributed by atoms with E-state index < -0.39 is 0 Å². The van der Waals surface area contributed by atoms with Crippen molar-refractivity contribution in [1.82, 2.24) is 0 Å². The highest BCUT2D eigenvalue weighted by Crippen LogP contribution is 2.21. The summed E-state index contributed by atoms with van der Waals surface area (Å²) in [6.45, 7) is 0.385. The highest BCUT2D eigenvalue weighted by Gasteiger charge is 2.03. The van der Waals surface area contributed by atoms with E-state index in [-0.39, 0.29) is 0 Å². The number of nitriles is 1. The van der Waals surface area contributed by atoms with Crippen LogP contribution in [0.25, 0.3) is 0 Å². The number of ether oxygens (including phenoxy) is 1. The standard InChI is InChI=1S/C15H11BrClNO/c16-8-11-2-1-3-14(6-11)19-10-13-5-4-12(9-18)7-15(13)17/h1-7H,8,10H2. The van der Waals surface area contributed by atoms with Crippen molar-refractivity contribution in [3.05, 3.63) is 64.2 Å². The molecule has 0 heterocycles. The topological polar surface area (TPSA) is 33.0 Å². The molecular formula is C15H11BrClNO. The molecule has 4 heteroatoms. The molecule has 0 fully saturated rings. The third-order valence-corrected chi connectivity index (χ3v) is 3.63. The first kappa shape index (κ1) is 13.9. The van der Waals surface area contributed by atoms with E-state index >= 15 is 0 Å². The van der Waals surface area contributed by atoms with E-state index in [1.54, 1.807) is 12.1 Å². The van der Waals surface area contributed by atoms with Crippen LogP contribution in [-0.4, -0.2) is 0 Å². The van der Waals surface area contributed by atoms with E-state index in [2.05, 4.69) is 22.0 Å². The minimum atomic E-state index is 0.385. The summed E-state index contributed by atoms with van der Waals surface area (Å²) in [5, 5.41) is 10.1. The number of nitrogens with zero attached hydrogens (tertiary/aromatic N) is 1. The van der Waals surface area contributed by atoms with Crippen molar-refractivity contribution in [2.24, 2.45) is 0 Å². The smallest absolute Gasteiger partial charge is 0.120 e. The lowest BCUT2D eigenvalue weighted by atomic mass is 10.1.